The Morgan fingerprint density at radius 1 is 1.53 bits per heavy atom. The van der Waals surface area contributed by atoms with Crippen LogP contribution in [-0.2, 0) is 6.42 Å². The van der Waals surface area contributed by atoms with Crippen LogP contribution in [0.25, 0.3) is 0 Å². The van der Waals surface area contributed by atoms with Crippen LogP contribution in [-0.4, -0.2) is 10.9 Å². The van der Waals surface area contributed by atoms with E-state index in [0.29, 0.717) is 11.3 Å². The number of hydrogen-bond acceptors (Lipinski definition) is 3. The molecule has 0 bridgehead atoms. The summed E-state index contributed by atoms with van der Waals surface area (Å²) in [4.78, 5) is 16.8. The van der Waals surface area contributed by atoms with Gasteiger partial charge in [0.15, 0.2) is 0 Å². The van der Waals surface area contributed by atoms with Crippen molar-refractivity contribution >= 4 is 17.2 Å². The fourth-order valence-corrected chi connectivity index (χ4v) is 3.21. The Labute approximate surface area is 114 Å². The van der Waals surface area contributed by atoms with E-state index < -0.39 is 0 Å². The third kappa shape index (κ3) is 2.14. The van der Waals surface area contributed by atoms with Gasteiger partial charge < -0.3 is 5.32 Å². The number of carbonyl (C=O) groups excluding carboxylic acids is 1. The number of benzene rings is 1. The fourth-order valence-electron chi connectivity index (χ4n) is 2.50. The number of fused-ring (bicyclic) bond motifs is 1. The summed E-state index contributed by atoms with van der Waals surface area (Å²) in [7, 11) is 0. The largest absolute Gasteiger partial charge is 0.344 e. The highest BCUT2D eigenvalue weighted by atomic mass is 32.1. The van der Waals surface area contributed by atoms with Crippen molar-refractivity contribution in [2.45, 2.75) is 25.8 Å². The molecular weight excluding hydrogens is 263 g/mol. The summed E-state index contributed by atoms with van der Waals surface area (Å²) in [6.45, 7) is 1.81. The van der Waals surface area contributed by atoms with Gasteiger partial charge in [0.25, 0.3) is 5.91 Å². The number of aryl methyl sites for hydroxylation is 1. The number of carbonyl (C=O) groups is 1. The molecule has 2 aromatic rings. The lowest BCUT2D eigenvalue weighted by molar-refractivity contribution is 0.0940. The van der Waals surface area contributed by atoms with Crippen LogP contribution in [0.1, 0.15) is 39.0 Å². The highest BCUT2D eigenvalue weighted by Gasteiger charge is 2.27. The molecule has 0 spiro atoms. The van der Waals surface area contributed by atoms with Crippen LogP contribution in [0.5, 0.6) is 0 Å². The Morgan fingerprint density at radius 3 is 3.11 bits per heavy atom. The minimum Gasteiger partial charge on any atom is -0.344 e. The number of aromatic nitrogens is 1. The Hall–Kier alpha value is -1.75. The van der Waals surface area contributed by atoms with Crippen LogP contribution < -0.4 is 5.32 Å². The maximum Gasteiger partial charge on any atom is 0.263 e. The number of halogens is 1. The molecule has 19 heavy (non-hydrogen) atoms. The number of nitrogens with zero attached hydrogens (tertiary/aromatic N) is 1. The first kappa shape index (κ1) is 12.3. The lowest BCUT2D eigenvalue weighted by Crippen LogP contribution is -2.27. The minimum atomic E-state index is -0.178. The molecule has 1 unspecified atom stereocenters. The van der Waals surface area contributed by atoms with Crippen LogP contribution in [0.15, 0.2) is 23.7 Å². The van der Waals surface area contributed by atoms with Gasteiger partial charge >= 0.3 is 0 Å². The molecule has 3 rings (SSSR count). The Kier molecular flexibility index (Phi) is 3.06. The molecule has 1 heterocycles. The number of rotatable bonds is 2. The Balaban J connectivity index is 1.82. The van der Waals surface area contributed by atoms with E-state index in [9.17, 15) is 9.18 Å². The van der Waals surface area contributed by atoms with E-state index in [1.165, 1.54) is 17.4 Å². The topological polar surface area (TPSA) is 42.0 Å². The quantitative estimate of drug-likeness (QED) is 0.916. The average Bonchev–Trinajstić information content (AvgIpc) is 2.97. The van der Waals surface area contributed by atoms with Gasteiger partial charge in [-0.15, -0.1) is 11.3 Å². The predicted octanol–water partition coefficient (Wildman–Crippen LogP) is 3.01. The van der Waals surface area contributed by atoms with Crippen LogP contribution in [0.4, 0.5) is 4.39 Å². The zero-order chi connectivity index (χ0) is 13.4. The lowest BCUT2D eigenvalue weighted by atomic mass is 10.1. The van der Waals surface area contributed by atoms with Crippen molar-refractivity contribution in [3.05, 3.63) is 51.2 Å². The number of nitrogens with one attached hydrogen (secondary N) is 1. The Morgan fingerprint density at radius 2 is 2.37 bits per heavy atom. The zero-order valence-corrected chi connectivity index (χ0v) is 11.3. The summed E-state index contributed by atoms with van der Waals surface area (Å²) in [6, 6.07) is 4.95. The van der Waals surface area contributed by atoms with Crippen molar-refractivity contribution < 1.29 is 9.18 Å². The van der Waals surface area contributed by atoms with E-state index in [2.05, 4.69) is 10.3 Å². The predicted molar refractivity (Wildman–Crippen MR) is 71.8 cm³/mol. The Bertz CT molecular complexity index is 638. The normalized spacial score (nSPS) is 17.3. The first-order chi connectivity index (χ1) is 9.16. The summed E-state index contributed by atoms with van der Waals surface area (Å²) in [6.07, 6.45) is 1.43. The monoisotopic (exact) mass is 276 g/mol. The molecular formula is C14H13FN2OS. The molecule has 1 amide bonds. The maximum atomic E-state index is 13.6. The van der Waals surface area contributed by atoms with Crippen molar-refractivity contribution in [3.8, 4) is 0 Å². The number of amides is 1. The van der Waals surface area contributed by atoms with E-state index in [4.69, 9.17) is 0 Å². The smallest absolute Gasteiger partial charge is 0.263 e. The number of thiazole rings is 1. The van der Waals surface area contributed by atoms with Gasteiger partial charge in [-0.2, -0.15) is 0 Å². The SMILES string of the molecule is Cc1ncsc1C(=O)NC1CCc2c(F)cccc21. The van der Waals surface area contributed by atoms with Gasteiger partial charge in [0.05, 0.1) is 17.2 Å². The van der Waals surface area contributed by atoms with Crippen molar-refractivity contribution in [1.29, 1.82) is 0 Å². The molecule has 5 heteroatoms. The lowest BCUT2D eigenvalue weighted by Gasteiger charge is -2.13. The summed E-state index contributed by atoms with van der Waals surface area (Å²) in [5.74, 6) is -0.301. The molecule has 1 N–H and O–H groups in total. The average molecular weight is 276 g/mol. The first-order valence-corrected chi connectivity index (χ1v) is 7.03. The molecule has 1 aliphatic carbocycles. The van der Waals surface area contributed by atoms with Crippen LogP contribution in [0.2, 0.25) is 0 Å². The molecule has 0 saturated heterocycles. The standard InChI is InChI=1S/C14H13FN2OS/c1-8-13(19-7-16-8)14(18)17-12-6-5-9-10(12)3-2-4-11(9)15/h2-4,7,12H,5-6H2,1H3,(H,17,18). The van der Waals surface area contributed by atoms with Gasteiger partial charge in [0, 0.05) is 0 Å². The van der Waals surface area contributed by atoms with Gasteiger partial charge in [0.1, 0.15) is 10.7 Å². The fraction of sp³-hybridized carbons (Fsp3) is 0.286. The molecule has 98 valence electrons. The molecule has 3 nitrogen and oxygen atoms in total. The highest BCUT2D eigenvalue weighted by Crippen LogP contribution is 2.33. The van der Waals surface area contributed by atoms with Crippen molar-refractivity contribution in [2.24, 2.45) is 0 Å². The van der Waals surface area contributed by atoms with Crippen LogP contribution in [0, 0.1) is 12.7 Å². The van der Waals surface area contributed by atoms with Gasteiger partial charge in [-0.05, 0) is 37.0 Å². The third-order valence-electron chi connectivity index (χ3n) is 3.47. The van der Waals surface area contributed by atoms with E-state index in [1.54, 1.807) is 11.6 Å². The molecule has 0 radical (unpaired) electrons. The molecule has 0 aliphatic heterocycles. The zero-order valence-electron chi connectivity index (χ0n) is 10.4. The van der Waals surface area contributed by atoms with Gasteiger partial charge in [-0.25, -0.2) is 9.37 Å². The third-order valence-corrected chi connectivity index (χ3v) is 4.40. The highest BCUT2D eigenvalue weighted by molar-refractivity contribution is 7.11. The van der Waals surface area contributed by atoms with E-state index >= 15 is 0 Å². The summed E-state index contributed by atoms with van der Waals surface area (Å²) >= 11 is 1.33. The van der Waals surface area contributed by atoms with E-state index in [-0.39, 0.29) is 17.8 Å². The molecule has 0 saturated carbocycles. The summed E-state index contributed by atoms with van der Waals surface area (Å²) in [5, 5.41) is 2.97. The second-order valence-electron chi connectivity index (χ2n) is 4.64. The molecule has 1 aromatic carbocycles. The molecule has 1 aliphatic rings. The van der Waals surface area contributed by atoms with Gasteiger partial charge in [-0.3, -0.25) is 4.79 Å². The molecule has 1 atom stereocenters. The van der Waals surface area contributed by atoms with Gasteiger partial charge in [0.2, 0.25) is 0 Å². The van der Waals surface area contributed by atoms with E-state index in [1.807, 2.05) is 13.0 Å². The minimum absolute atomic E-state index is 0.0975. The van der Waals surface area contributed by atoms with Crippen molar-refractivity contribution in [1.82, 2.24) is 10.3 Å². The van der Waals surface area contributed by atoms with Crippen molar-refractivity contribution in [3.63, 3.8) is 0 Å². The summed E-state index contributed by atoms with van der Waals surface area (Å²) in [5.41, 5.74) is 4.02. The number of hydrogen-bond donors (Lipinski definition) is 1. The van der Waals surface area contributed by atoms with E-state index in [0.717, 1.165) is 23.2 Å². The van der Waals surface area contributed by atoms with Crippen LogP contribution in [0.3, 0.4) is 0 Å². The van der Waals surface area contributed by atoms with Gasteiger partial charge in [-0.1, -0.05) is 12.1 Å². The molecule has 0 fully saturated rings. The second kappa shape index (κ2) is 4.74. The summed E-state index contributed by atoms with van der Waals surface area (Å²) < 4.78 is 13.6. The van der Waals surface area contributed by atoms with Crippen LogP contribution >= 0.6 is 11.3 Å². The van der Waals surface area contributed by atoms with Crippen molar-refractivity contribution in [2.75, 3.05) is 0 Å². The second-order valence-corrected chi connectivity index (χ2v) is 5.49. The molecule has 1 aromatic heterocycles. The maximum absolute atomic E-state index is 13.6. The first-order valence-electron chi connectivity index (χ1n) is 6.15.